The van der Waals surface area contributed by atoms with Crippen LogP contribution in [0.5, 0.6) is 0 Å². The average molecular weight is 563 g/mol. The monoisotopic (exact) mass is 562 g/mol. The lowest BCUT2D eigenvalue weighted by Crippen LogP contribution is -2.56. The summed E-state index contributed by atoms with van der Waals surface area (Å²) in [5.41, 5.74) is 2.80. The van der Waals surface area contributed by atoms with E-state index in [0.717, 1.165) is 5.56 Å². The molecule has 1 heterocycles. The van der Waals surface area contributed by atoms with Gasteiger partial charge >= 0.3 is 18.1 Å². The van der Waals surface area contributed by atoms with Crippen LogP contribution in [0, 0.1) is 22.8 Å². The molecule has 1 unspecified atom stereocenters. The quantitative estimate of drug-likeness (QED) is 0.194. The minimum atomic E-state index is -0.992. The fraction of sp³-hybridized carbons (Fsp3) is 0.515. The van der Waals surface area contributed by atoms with Gasteiger partial charge in [0.2, 0.25) is 0 Å². The number of amides is 1. The zero-order valence-electron chi connectivity index (χ0n) is 25.3. The molecule has 41 heavy (non-hydrogen) atoms. The number of methoxy groups -OCH3 is 1. The van der Waals surface area contributed by atoms with E-state index in [2.05, 4.69) is 41.2 Å². The second kappa shape index (κ2) is 14.3. The Bertz CT molecular complexity index is 1260. The van der Waals surface area contributed by atoms with Gasteiger partial charge in [-0.2, -0.15) is 0 Å². The van der Waals surface area contributed by atoms with Gasteiger partial charge in [0.05, 0.1) is 19.2 Å². The summed E-state index contributed by atoms with van der Waals surface area (Å²) in [6.45, 7) is 12.1. The van der Waals surface area contributed by atoms with Crippen LogP contribution in [0.1, 0.15) is 64.7 Å². The molecule has 8 heteroatoms. The van der Waals surface area contributed by atoms with Crippen molar-refractivity contribution in [3.8, 4) is 12.0 Å². The maximum Gasteiger partial charge on any atom is 0.407 e. The molecule has 0 fully saturated rings. The number of alkyl carbamates (subject to hydrolysis) is 1. The molecule has 2 aromatic carbocycles. The Kier molecular flexibility index (Phi) is 11.1. The fourth-order valence-electron chi connectivity index (χ4n) is 5.09. The molecule has 0 aromatic heterocycles. The summed E-state index contributed by atoms with van der Waals surface area (Å²) in [6.07, 6.45) is 1.06. The molecular formula is C33H44N3O5+. The number of hydrogen-bond acceptors (Lipinski definition) is 6. The van der Waals surface area contributed by atoms with Crippen molar-refractivity contribution in [3.05, 3.63) is 76.2 Å². The highest BCUT2D eigenvalue weighted by molar-refractivity contribution is 5.74. The van der Waals surface area contributed by atoms with E-state index in [1.165, 1.54) is 18.2 Å². The van der Waals surface area contributed by atoms with E-state index in [4.69, 9.17) is 9.47 Å². The van der Waals surface area contributed by atoms with Crippen molar-refractivity contribution >= 4 is 12.1 Å². The Hall–Kier alpha value is -3.70. The molecule has 0 spiro atoms. The first-order valence-electron chi connectivity index (χ1n) is 14.3. The molecule has 0 aliphatic carbocycles. The Morgan fingerprint density at radius 3 is 2.29 bits per heavy atom. The van der Waals surface area contributed by atoms with Crippen molar-refractivity contribution in [1.82, 2.24) is 10.2 Å². The Morgan fingerprint density at radius 1 is 1.05 bits per heavy atom. The molecule has 0 saturated heterocycles. The van der Waals surface area contributed by atoms with Crippen LogP contribution in [-0.4, -0.2) is 58.6 Å². The highest BCUT2D eigenvalue weighted by Gasteiger charge is 2.37. The Morgan fingerprint density at radius 2 is 1.68 bits per heavy atom. The molecule has 8 nitrogen and oxygen atoms in total. The van der Waals surface area contributed by atoms with Gasteiger partial charge in [0.1, 0.15) is 10.4 Å². The molecule has 0 saturated carbocycles. The van der Waals surface area contributed by atoms with Crippen LogP contribution in [0.2, 0.25) is 0 Å². The normalized spacial score (nSPS) is 17.3. The van der Waals surface area contributed by atoms with Gasteiger partial charge in [-0.15, -0.1) is 0 Å². The first-order chi connectivity index (χ1) is 19.4. The summed E-state index contributed by atoms with van der Waals surface area (Å²) < 4.78 is 11.0. The third-order valence-electron chi connectivity index (χ3n) is 7.18. The molecule has 0 radical (unpaired) electrons. The van der Waals surface area contributed by atoms with Gasteiger partial charge in [-0.05, 0) is 69.1 Å². The molecule has 1 amide bonds. The number of ether oxygens (including phenoxy) is 2. The summed E-state index contributed by atoms with van der Waals surface area (Å²) in [4.78, 5) is 40.5. The predicted molar refractivity (Wildman–Crippen MR) is 159 cm³/mol. The number of nitrogens with zero attached hydrogens (tertiary/aromatic N) is 2. The first kappa shape index (κ1) is 31.8. The van der Waals surface area contributed by atoms with Gasteiger partial charge in [-0.25, -0.2) is 9.59 Å². The number of fused-ring (bicyclic) bond motifs is 1. The van der Waals surface area contributed by atoms with Crippen LogP contribution >= 0.6 is 0 Å². The van der Waals surface area contributed by atoms with Crippen LogP contribution in [0.3, 0.4) is 0 Å². The third-order valence-corrected chi connectivity index (χ3v) is 7.18. The smallest absolute Gasteiger partial charge is 0.407 e. The van der Waals surface area contributed by atoms with Gasteiger partial charge in [0.25, 0.3) is 6.04 Å². The van der Waals surface area contributed by atoms with Crippen molar-refractivity contribution in [3.63, 3.8) is 0 Å². The SMILES string of the molecule is COC(=O)[C@H](CC(C)C)[N+](=O)C#C[C@@H]1Cc2ccccc2CN1C(C)[C@@H](Cc1ccccc1)NC(=O)OC(C)(C)C. The van der Waals surface area contributed by atoms with Crippen molar-refractivity contribution in [2.24, 2.45) is 5.92 Å². The van der Waals surface area contributed by atoms with Crippen molar-refractivity contribution in [2.75, 3.05) is 7.11 Å². The number of esters is 1. The van der Waals surface area contributed by atoms with Gasteiger partial charge < -0.3 is 14.8 Å². The standard InChI is InChI=1S/C33H43N3O5/c1-23(2)19-30(31(37)40-7)36(39)18-17-28-21-26-15-11-12-16-27(26)22-35(28)24(3)29(20-25-13-9-8-10-14-25)34-32(38)41-33(4,5)6/h8-16,23-24,28-30H,19-22H2,1-7H3/p+1/t24?,28-,29-,30+/m1/s1. The lowest BCUT2D eigenvalue weighted by atomic mass is 9.90. The van der Waals surface area contributed by atoms with Crippen LogP contribution < -0.4 is 5.32 Å². The lowest BCUT2D eigenvalue weighted by Gasteiger charge is -2.41. The topological polar surface area (TPSA) is 88.0 Å². The Labute approximate surface area is 244 Å². The molecule has 0 bridgehead atoms. The number of nitrogens with one attached hydrogen (secondary N) is 1. The van der Waals surface area contributed by atoms with E-state index >= 15 is 0 Å². The molecule has 1 aliphatic heterocycles. The van der Waals surface area contributed by atoms with Crippen LogP contribution in [-0.2, 0) is 33.7 Å². The summed E-state index contributed by atoms with van der Waals surface area (Å²) in [7, 11) is 1.28. The molecule has 1 N–H and O–H groups in total. The van der Waals surface area contributed by atoms with E-state index < -0.39 is 23.7 Å². The highest BCUT2D eigenvalue weighted by atomic mass is 16.6. The van der Waals surface area contributed by atoms with Gasteiger partial charge in [-0.3, -0.25) is 4.90 Å². The summed E-state index contributed by atoms with van der Waals surface area (Å²) in [5, 5.41) is 3.11. The van der Waals surface area contributed by atoms with Crippen molar-refractivity contribution in [2.45, 2.75) is 97.1 Å². The predicted octanol–water partition coefficient (Wildman–Crippen LogP) is 5.27. The van der Waals surface area contributed by atoms with Gasteiger partial charge in [0.15, 0.2) is 0 Å². The molecule has 4 atom stereocenters. The Balaban J connectivity index is 1.95. The highest BCUT2D eigenvalue weighted by Crippen LogP contribution is 2.27. The zero-order chi connectivity index (χ0) is 30.2. The van der Waals surface area contributed by atoms with E-state index in [-0.39, 0.29) is 24.0 Å². The van der Waals surface area contributed by atoms with E-state index in [1.807, 2.05) is 77.1 Å². The average Bonchev–Trinajstić information content (AvgIpc) is 2.92. The maximum absolute atomic E-state index is 13.0. The molecular weight excluding hydrogens is 518 g/mol. The number of benzene rings is 2. The zero-order valence-corrected chi connectivity index (χ0v) is 25.3. The third kappa shape index (κ3) is 9.43. The van der Waals surface area contributed by atoms with E-state index in [9.17, 15) is 14.5 Å². The minimum Gasteiger partial charge on any atom is -0.464 e. The fourth-order valence-corrected chi connectivity index (χ4v) is 5.09. The summed E-state index contributed by atoms with van der Waals surface area (Å²) >= 11 is 0. The number of nitroso groups, excluding NO2 is 1. The number of carbonyl (C=O) groups excluding carboxylic acids is 2. The van der Waals surface area contributed by atoms with E-state index in [0.29, 0.717) is 30.6 Å². The maximum atomic E-state index is 13.0. The van der Waals surface area contributed by atoms with Crippen LogP contribution in [0.15, 0.2) is 54.6 Å². The van der Waals surface area contributed by atoms with Crippen LogP contribution in [0.4, 0.5) is 4.79 Å². The van der Waals surface area contributed by atoms with E-state index in [1.54, 1.807) is 0 Å². The molecule has 1 aliphatic rings. The second-order valence-electron chi connectivity index (χ2n) is 12.1. The first-order valence-corrected chi connectivity index (χ1v) is 14.3. The number of hydrogen-bond donors (Lipinski definition) is 1. The molecule has 220 valence electrons. The second-order valence-corrected chi connectivity index (χ2v) is 12.1. The molecule has 3 rings (SSSR count). The van der Waals surface area contributed by atoms with Gasteiger partial charge in [-0.1, -0.05) is 68.4 Å². The lowest BCUT2D eigenvalue weighted by molar-refractivity contribution is -0.492. The van der Waals surface area contributed by atoms with Crippen LogP contribution in [0.25, 0.3) is 0 Å². The number of carbonyl (C=O) groups is 2. The summed E-state index contributed by atoms with van der Waals surface area (Å²) in [6, 6.07) is 19.2. The van der Waals surface area contributed by atoms with Crippen molar-refractivity contribution in [1.29, 1.82) is 0 Å². The largest absolute Gasteiger partial charge is 0.464 e. The summed E-state index contributed by atoms with van der Waals surface area (Å²) in [5.74, 6) is 2.70. The molecule has 2 aromatic rings. The van der Waals surface area contributed by atoms with Crippen molar-refractivity contribution < 1.29 is 23.8 Å². The minimum absolute atomic E-state index is 0.119. The number of rotatable bonds is 9. The van der Waals surface area contributed by atoms with Gasteiger partial charge in [0, 0.05) is 23.9 Å².